The summed E-state index contributed by atoms with van der Waals surface area (Å²) in [6.45, 7) is 5.69. The molecule has 11 heteroatoms. The Morgan fingerprint density at radius 2 is 1.61 bits per heavy atom. The van der Waals surface area contributed by atoms with Gasteiger partial charge in [0, 0.05) is 32.0 Å². The molecule has 0 saturated heterocycles. The summed E-state index contributed by atoms with van der Waals surface area (Å²) in [5, 5.41) is 3.01. The maximum absolute atomic E-state index is 13.9. The second kappa shape index (κ2) is 15.2. The van der Waals surface area contributed by atoms with Gasteiger partial charge in [0.15, 0.2) is 0 Å². The number of anilines is 1. The Morgan fingerprint density at radius 3 is 2.23 bits per heavy atom. The lowest BCUT2D eigenvalue weighted by Crippen LogP contribution is -2.52. The SMILES string of the molecule is CC[C@@H](C)NC(=O)[C@H](Cc1ccccc1)N(Cc1ccccc1C)C(=O)CCCN(c1cccc(C(F)(F)F)c1)S(C)(=O)=O. The third kappa shape index (κ3) is 9.83. The standard InChI is InChI=1S/C33H40F3N3O4S/c1-5-25(3)37-32(41)30(21-26-14-7-6-8-15-26)38(23-27-16-10-9-13-24(27)2)31(40)19-12-20-39(44(4,42)43)29-18-11-17-28(22-29)33(34,35)36/h6-11,13-18,22,25,30H,5,12,19-21,23H2,1-4H3,(H,37,41)/t25-,30+/m1/s1. The van der Waals surface area contributed by atoms with Crippen molar-refractivity contribution in [1.82, 2.24) is 10.2 Å². The summed E-state index contributed by atoms with van der Waals surface area (Å²) >= 11 is 0. The summed E-state index contributed by atoms with van der Waals surface area (Å²) in [4.78, 5) is 29.1. The van der Waals surface area contributed by atoms with Gasteiger partial charge >= 0.3 is 6.18 Å². The summed E-state index contributed by atoms with van der Waals surface area (Å²) < 4.78 is 66.1. The number of amides is 2. The van der Waals surface area contributed by atoms with Crippen molar-refractivity contribution < 1.29 is 31.2 Å². The molecule has 3 aromatic carbocycles. The minimum absolute atomic E-state index is 0.0253. The topological polar surface area (TPSA) is 86.8 Å². The molecule has 0 aliphatic rings. The molecule has 0 unspecified atom stereocenters. The lowest BCUT2D eigenvalue weighted by molar-refractivity contribution is -0.141. The molecule has 7 nitrogen and oxygen atoms in total. The molecule has 0 radical (unpaired) electrons. The van der Waals surface area contributed by atoms with Crippen molar-refractivity contribution in [2.45, 2.75) is 71.3 Å². The van der Waals surface area contributed by atoms with E-state index in [2.05, 4.69) is 5.32 Å². The first-order valence-corrected chi connectivity index (χ1v) is 16.4. The normalized spacial score (nSPS) is 13.2. The van der Waals surface area contributed by atoms with Gasteiger partial charge in [0.1, 0.15) is 6.04 Å². The van der Waals surface area contributed by atoms with Gasteiger partial charge in [-0.05, 0) is 61.6 Å². The summed E-state index contributed by atoms with van der Waals surface area (Å²) in [7, 11) is -3.96. The van der Waals surface area contributed by atoms with Crippen molar-refractivity contribution in [2.75, 3.05) is 17.1 Å². The van der Waals surface area contributed by atoms with E-state index in [-0.39, 0.29) is 55.9 Å². The largest absolute Gasteiger partial charge is 0.416 e. The smallest absolute Gasteiger partial charge is 0.352 e. The Morgan fingerprint density at radius 1 is 0.955 bits per heavy atom. The molecule has 0 bridgehead atoms. The van der Waals surface area contributed by atoms with Gasteiger partial charge in [0.05, 0.1) is 17.5 Å². The Kier molecular flexibility index (Phi) is 12.0. The molecule has 0 aliphatic heterocycles. The van der Waals surface area contributed by atoms with Gasteiger partial charge in [-0.3, -0.25) is 13.9 Å². The first kappa shape index (κ1) is 34.6. The number of carbonyl (C=O) groups excluding carboxylic acids is 2. The molecule has 1 N–H and O–H groups in total. The average Bonchev–Trinajstić information content (AvgIpc) is 2.97. The Balaban J connectivity index is 1.91. The van der Waals surface area contributed by atoms with E-state index in [1.807, 2.05) is 75.4 Å². The third-order valence-corrected chi connectivity index (χ3v) is 8.68. The van der Waals surface area contributed by atoms with Crippen LogP contribution in [0.5, 0.6) is 0 Å². The summed E-state index contributed by atoms with van der Waals surface area (Å²) in [5.74, 6) is -0.669. The molecule has 0 aliphatic carbocycles. The highest BCUT2D eigenvalue weighted by Gasteiger charge is 2.33. The van der Waals surface area contributed by atoms with E-state index in [1.54, 1.807) is 0 Å². The summed E-state index contributed by atoms with van der Waals surface area (Å²) in [6, 6.07) is 20.0. The van der Waals surface area contributed by atoms with E-state index < -0.39 is 27.8 Å². The quantitative estimate of drug-likeness (QED) is 0.233. The zero-order valence-corrected chi connectivity index (χ0v) is 26.3. The molecule has 2 amide bonds. The number of hydrogen-bond donors (Lipinski definition) is 1. The maximum Gasteiger partial charge on any atom is 0.416 e. The fourth-order valence-corrected chi connectivity index (χ4v) is 5.76. The highest BCUT2D eigenvalue weighted by atomic mass is 32.2. The number of carbonyl (C=O) groups is 2. The molecule has 0 heterocycles. The fourth-order valence-electron chi connectivity index (χ4n) is 4.81. The number of nitrogens with one attached hydrogen (secondary N) is 1. The number of nitrogens with zero attached hydrogens (tertiary/aromatic N) is 2. The molecular formula is C33H40F3N3O4S. The van der Waals surface area contributed by atoms with Gasteiger partial charge in [-0.1, -0.05) is 67.6 Å². The number of sulfonamides is 1. The molecule has 3 aromatic rings. The fraction of sp³-hybridized carbons (Fsp3) is 0.394. The maximum atomic E-state index is 13.9. The minimum atomic E-state index is -4.64. The first-order valence-electron chi connectivity index (χ1n) is 14.5. The number of hydrogen-bond acceptors (Lipinski definition) is 4. The first-order chi connectivity index (χ1) is 20.7. The minimum Gasteiger partial charge on any atom is -0.352 e. The van der Waals surface area contributed by atoms with E-state index in [4.69, 9.17) is 0 Å². The van der Waals surface area contributed by atoms with Crippen LogP contribution in [0.25, 0.3) is 0 Å². The van der Waals surface area contributed by atoms with Crippen LogP contribution in [0.2, 0.25) is 0 Å². The van der Waals surface area contributed by atoms with Crippen molar-refractivity contribution >= 4 is 27.5 Å². The molecule has 0 aromatic heterocycles. The summed E-state index contributed by atoms with van der Waals surface area (Å²) in [6.07, 6.45) is -2.87. The van der Waals surface area contributed by atoms with Crippen LogP contribution in [-0.4, -0.2) is 50.0 Å². The van der Waals surface area contributed by atoms with Gasteiger partial charge in [-0.15, -0.1) is 0 Å². The average molecular weight is 632 g/mol. The monoisotopic (exact) mass is 631 g/mol. The Hall–Kier alpha value is -3.86. The molecule has 0 spiro atoms. The van der Waals surface area contributed by atoms with Crippen LogP contribution in [0, 0.1) is 6.92 Å². The lowest BCUT2D eigenvalue weighted by atomic mass is 10.0. The third-order valence-electron chi connectivity index (χ3n) is 7.49. The summed E-state index contributed by atoms with van der Waals surface area (Å²) in [5.41, 5.74) is 1.56. The van der Waals surface area contributed by atoms with Gasteiger partial charge in [0.25, 0.3) is 0 Å². The molecule has 0 fully saturated rings. The van der Waals surface area contributed by atoms with E-state index in [0.29, 0.717) is 6.42 Å². The van der Waals surface area contributed by atoms with Crippen molar-refractivity contribution in [1.29, 1.82) is 0 Å². The zero-order chi connectivity index (χ0) is 32.5. The molecule has 44 heavy (non-hydrogen) atoms. The van der Waals surface area contributed by atoms with Crippen molar-refractivity contribution in [3.63, 3.8) is 0 Å². The molecule has 2 atom stereocenters. The zero-order valence-electron chi connectivity index (χ0n) is 25.5. The van der Waals surface area contributed by atoms with Gasteiger partial charge in [-0.2, -0.15) is 13.2 Å². The number of halogens is 3. The van der Waals surface area contributed by atoms with Crippen LogP contribution in [0.1, 0.15) is 55.4 Å². The van der Waals surface area contributed by atoms with Gasteiger partial charge in [-0.25, -0.2) is 8.42 Å². The number of rotatable bonds is 14. The molecule has 3 rings (SSSR count). The van der Waals surface area contributed by atoms with E-state index in [1.165, 1.54) is 11.0 Å². The van der Waals surface area contributed by atoms with Crippen LogP contribution in [0.15, 0.2) is 78.9 Å². The van der Waals surface area contributed by atoms with Crippen LogP contribution < -0.4 is 9.62 Å². The molecular weight excluding hydrogens is 591 g/mol. The van der Waals surface area contributed by atoms with E-state index >= 15 is 0 Å². The Bertz CT molecular complexity index is 1510. The van der Waals surface area contributed by atoms with Crippen LogP contribution >= 0.6 is 0 Å². The number of aryl methyl sites for hydroxylation is 1. The van der Waals surface area contributed by atoms with Gasteiger partial charge in [0.2, 0.25) is 21.8 Å². The van der Waals surface area contributed by atoms with Crippen LogP contribution in [0.3, 0.4) is 0 Å². The predicted octanol–water partition coefficient (Wildman–Crippen LogP) is 6.11. The second-order valence-corrected chi connectivity index (χ2v) is 12.9. The highest BCUT2D eigenvalue weighted by molar-refractivity contribution is 7.92. The van der Waals surface area contributed by atoms with E-state index in [9.17, 15) is 31.2 Å². The highest BCUT2D eigenvalue weighted by Crippen LogP contribution is 2.32. The number of alkyl halides is 3. The predicted molar refractivity (Wildman–Crippen MR) is 166 cm³/mol. The lowest BCUT2D eigenvalue weighted by Gasteiger charge is -2.33. The van der Waals surface area contributed by atoms with Gasteiger partial charge < -0.3 is 10.2 Å². The van der Waals surface area contributed by atoms with Crippen molar-refractivity contribution in [3.05, 3.63) is 101 Å². The Labute approximate surface area is 258 Å². The number of benzene rings is 3. The molecule has 238 valence electrons. The van der Waals surface area contributed by atoms with Crippen molar-refractivity contribution in [3.8, 4) is 0 Å². The van der Waals surface area contributed by atoms with Crippen molar-refractivity contribution in [2.24, 2.45) is 0 Å². The van der Waals surface area contributed by atoms with Crippen LogP contribution in [0.4, 0.5) is 18.9 Å². The second-order valence-electron chi connectivity index (χ2n) is 11.0. The van der Waals surface area contributed by atoms with Crippen LogP contribution in [-0.2, 0) is 38.8 Å². The van der Waals surface area contributed by atoms with E-state index in [0.717, 1.165) is 45.5 Å². The molecule has 0 saturated carbocycles.